The summed E-state index contributed by atoms with van der Waals surface area (Å²) in [4.78, 5) is 68.0. The van der Waals surface area contributed by atoms with Gasteiger partial charge in [-0.3, -0.25) is 34.3 Å². The van der Waals surface area contributed by atoms with Gasteiger partial charge in [0, 0.05) is 110 Å². The number of nitrogens with zero attached hydrogens (tertiary/aromatic N) is 7. The Morgan fingerprint density at radius 1 is 0.825 bits per heavy atom. The molecule has 1 saturated carbocycles. The molecule has 57 heavy (non-hydrogen) atoms. The van der Waals surface area contributed by atoms with Crippen LogP contribution in [0.4, 0.5) is 23.0 Å². The zero-order valence-electron chi connectivity index (χ0n) is 31.7. The molecule has 4 amide bonds. The average molecular weight is 766 g/mol. The Hall–Kier alpha value is -6.28. The van der Waals surface area contributed by atoms with Gasteiger partial charge in [-0.05, 0) is 61.7 Å². The minimum Gasteiger partial charge on any atom is -0.494 e. The minimum absolute atomic E-state index is 0.0975. The number of fused-ring (bicyclic) bond motifs is 2. The Morgan fingerprint density at radius 2 is 1.60 bits per heavy atom. The Labute approximate surface area is 329 Å². The second-order valence-corrected chi connectivity index (χ2v) is 15.7. The van der Waals surface area contributed by atoms with Gasteiger partial charge >= 0.3 is 0 Å². The number of amides is 4. The van der Waals surface area contributed by atoms with Crippen LogP contribution in [0.5, 0.6) is 5.75 Å². The lowest BCUT2D eigenvalue weighted by molar-refractivity contribution is -0.136. The number of anilines is 4. The molecule has 0 radical (unpaired) electrons. The third kappa shape index (κ3) is 6.43. The number of aromatic nitrogens is 3. The first-order valence-corrected chi connectivity index (χ1v) is 19.8. The highest BCUT2D eigenvalue weighted by Gasteiger charge is 2.45. The van der Waals surface area contributed by atoms with Gasteiger partial charge in [0.25, 0.3) is 11.8 Å². The largest absolute Gasteiger partial charge is 0.494 e. The maximum atomic E-state index is 13.3. The molecule has 1 atom stereocenters. The number of carbonyl (C=O) groups is 4. The van der Waals surface area contributed by atoms with E-state index >= 15 is 0 Å². The van der Waals surface area contributed by atoms with E-state index in [0.717, 1.165) is 84.8 Å². The zero-order chi connectivity index (χ0) is 38.8. The van der Waals surface area contributed by atoms with Gasteiger partial charge in [0.1, 0.15) is 11.8 Å². The first-order valence-electron chi connectivity index (χ1n) is 19.8. The van der Waals surface area contributed by atoms with Gasteiger partial charge in [-0.2, -0.15) is 0 Å². The van der Waals surface area contributed by atoms with Gasteiger partial charge in [-0.1, -0.05) is 18.2 Å². The highest BCUT2D eigenvalue weighted by molar-refractivity contribution is 6.23. The first kappa shape index (κ1) is 35.2. The maximum absolute atomic E-state index is 13.3. The van der Waals surface area contributed by atoms with Gasteiger partial charge in [-0.15, -0.1) is 0 Å². The predicted octanol–water partition coefficient (Wildman–Crippen LogP) is 4.85. The summed E-state index contributed by atoms with van der Waals surface area (Å²) in [5, 5.41) is 6.85. The summed E-state index contributed by atoms with van der Waals surface area (Å²) < 4.78 is 8.24. The molecule has 0 bridgehead atoms. The number of ether oxygens (including phenoxy) is 1. The number of para-hydroxylation sites is 1. The molecule has 6 heterocycles. The lowest BCUT2D eigenvalue weighted by atomic mass is 9.97. The molecular weight excluding hydrogens is 723 g/mol. The van der Waals surface area contributed by atoms with Crippen molar-refractivity contribution in [1.29, 1.82) is 0 Å². The summed E-state index contributed by atoms with van der Waals surface area (Å²) >= 11 is 0. The van der Waals surface area contributed by atoms with Crippen LogP contribution in [0.2, 0.25) is 0 Å². The van der Waals surface area contributed by atoms with Crippen LogP contribution in [0.1, 0.15) is 52.4 Å². The van der Waals surface area contributed by atoms with Crippen LogP contribution in [0, 0.1) is 5.92 Å². The summed E-state index contributed by atoms with van der Waals surface area (Å²) in [6, 6.07) is 21.7. The molecule has 3 aromatic carbocycles. The number of imide groups is 2. The average Bonchev–Trinajstić information content (AvgIpc) is 3.94. The van der Waals surface area contributed by atoms with Crippen LogP contribution < -0.4 is 25.2 Å². The van der Waals surface area contributed by atoms with Crippen molar-refractivity contribution >= 4 is 57.5 Å². The molecule has 14 heteroatoms. The molecule has 14 nitrogen and oxygen atoms in total. The number of piperazine rings is 1. The van der Waals surface area contributed by atoms with Gasteiger partial charge < -0.3 is 24.4 Å². The summed E-state index contributed by atoms with van der Waals surface area (Å²) in [6.45, 7) is 6.40. The maximum Gasteiger partial charge on any atom is 0.262 e. The molecule has 2 N–H and O–H groups in total. The molecule has 5 aliphatic rings. The molecule has 0 spiro atoms. The Balaban J connectivity index is 0.735. The van der Waals surface area contributed by atoms with Gasteiger partial charge in [-0.25, -0.2) is 9.97 Å². The van der Waals surface area contributed by atoms with E-state index in [2.05, 4.69) is 77.5 Å². The fourth-order valence-electron chi connectivity index (χ4n) is 8.84. The molecule has 1 unspecified atom stereocenters. The lowest BCUT2D eigenvalue weighted by Crippen LogP contribution is -2.55. The first-order chi connectivity index (χ1) is 27.8. The van der Waals surface area contributed by atoms with Crippen LogP contribution in [0.25, 0.3) is 22.2 Å². The standard InChI is InChI=1S/C43H43N9O5/c1-57-38-21-29(9-11-35(38)46-43-44-15-14-34(45-43)33-25-51(27-6-7-27)36-5-3-2-4-30(33)36)49-18-16-48(17-19-49)22-26-23-50(24-26)28-8-10-31-32(20-28)42(56)52(41(31)55)37-12-13-39(53)47-40(37)54/h2-5,8-11,14-15,20-21,25-27,37H,6-7,12-13,16-19,22-24H2,1H3,(H,44,45,46)(H,47,53,54). The Morgan fingerprint density at radius 3 is 2.39 bits per heavy atom. The van der Waals surface area contributed by atoms with Crippen molar-refractivity contribution in [2.24, 2.45) is 5.92 Å². The van der Waals surface area contributed by atoms with Gasteiger partial charge in [0.05, 0.1) is 29.6 Å². The molecule has 10 rings (SSSR count). The number of methoxy groups -OCH3 is 1. The lowest BCUT2D eigenvalue weighted by Gasteiger charge is -2.45. The number of carbonyl (C=O) groups excluding carboxylic acids is 4. The molecular formula is C43H43N9O5. The molecule has 4 fully saturated rings. The summed E-state index contributed by atoms with van der Waals surface area (Å²) in [5.74, 6) is -0.218. The fraction of sp³-hybridized carbons (Fsp3) is 0.349. The van der Waals surface area contributed by atoms with Crippen LogP contribution in [-0.4, -0.2) is 107 Å². The third-order valence-corrected chi connectivity index (χ3v) is 12.0. The number of nitrogens with one attached hydrogen (secondary N) is 2. The van der Waals surface area contributed by atoms with E-state index in [1.165, 1.54) is 23.7 Å². The quantitative estimate of drug-likeness (QED) is 0.189. The highest BCUT2D eigenvalue weighted by Crippen LogP contribution is 2.41. The predicted molar refractivity (Wildman–Crippen MR) is 215 cm³/mol. The molecule has 290 valence electrons. The zero-order valence-corrected chi connectivity index (χ0v) is 31.7. The molecule has 3 saturated heterocycles. The molecule has 1 aliphatic carbocycles. The number of piperidine rings is 1. The smallest absolute Gasteiger partial charge is 0.262 e. The van der Waals surface area contributed by atoms with E-state index in [4.69, 9.17) is 9.72 Å². The van der Waals surface area contributed by atoms with E-state index in [0.29, 0.717) is 29.0 Å². The number of rotatable bonds is 10. The minimum atomic E-state index is -0.966. The molecule has 2 aromatic heterocycles. The van der Waals surface area contributed by atoms with Crippen molar-refractivity contribution in [3.8, 4) is 17.0 Å². The highest BCUT2D eigenvalue weighted by atomic mass is 16.5. The van der Waals surface area contributed by atoms with E-state index in [9.17, 15) is 19.2 Å². The molecule has 4 aliphatic heterocycles. The van der Waals surface area contributed by atoms with Crippen molar-refractivity contribution < 1.29 is 23.9 Å². The van der Waals surface area contributed by atoms with Crippen molar-refractivity contribution in [3.05, 3.63) is 90.3 Å². The summed E-state index contributed by atoms with van der Waals surface area (Å²) in [7, 11) is 1.68. The number of benzene rings is 3. The van der Waals surface area contributed by atoms with Gasteiger partial charge in [0.15, 0.2) is 0 Å². The van der Waals surface area contributed by atoms with E-state index in [1.807, 2.05) is 18.2 Å². The second-order valence-electron chi connectivity index (χ2n) is 15.7. The summed E-state index contributed by atoms with van der Waals surface area (Å²) in [6.07, 6.45) is 6.70. The van der Waals surface area contributed by atoms with Crippen LogP contribution >= 0.6 is 0 Å². The third-order valence-electron chi connectivity index (χ3n) is 12.0. The molecule has 5 aromatic rings. The van der Waals surface area contributed by atoms with Crippen molar-refractivity contribution in [3.63, 3.8) is 0 Å². The number of hydrogen-bond donors (Lipinski definition) is 2. The van der Waals surface area contributed by atoms with E-state index < -0.39 is 23.8 Å². The van der Waals surface area contributed by atoms with Crippen LogP contribution in [0.3, 0.4) is 0 Å². The second kappa shape index (κ2) is 14.0. The number of hydrogen-bond acceptors (Lipinski definition) is 11. The summed E-state index contributed by atoms with van der Waals surface area (Å²) in [5.41, 5.74) is 6.65. The van der Waals surface area contributed by atoms with E-state index in [-0.39, 0.29) is 18.7 Å². The Kier molecular flexibility index (Phi) is 8.65. The van der Waals surface area contributed by atoms with Crippen molar-refractivity contribution in [2.45, 2.75) is 37.8 Å². The van der Waals surface area contributed by atoms with Crippen molar-refractivity contribution in [1.82, 2.24) is 29.7 Å². The fourth-order valence-corrected chi connectivity index (χ4v) is 8.84. The monoisotopic (exact) mass is 765 g/mol. The van der Waals surface area contributed by atoms with Crippen molar-refractivity contribution in [2.75, 3.05) is 68.0 Å². The van der Waals surface area contributed by atoms with Gasteiger partial charge in [0.2, 0.25) is 17.8 Å². The van der Waals surface area contributed by atoms with E-state index in [1.54, 1.807) is 25.4 Å². The van der Waals surface area contributed by atoms with Crippen LogP contribution in [0.15, 0.2) is 79.1 Å². The normalized spacial score (nSPS) is 20.2. The SMILES string of the molecule is COc1cc(N2CCN(CC3CN(c4ccc5c(c4)C(=O)N(C4CCC(=O)NC4=O)C5=O)C3)CC2)ccc1Nc1nccc(-c2cn(C3CC3)c3ccccc23)n1. The Bertz CT molecular complexity index is 2450. The van der Waals surface area contributed by atoms with Crippen LogP contribution in [-0.2, 0) is 9.59 Å². The topological polar surface area (TPSA) is 145 Å².